The normalized spacial score (nSPS) is 11.1. The number of ether oxygens (including phenoxy) is 2. The number of methoxy groups -OCH3 is 2. The Labute approximate surface area is 157 Å². The molecule has 0 spiro atoms. The molecule has 0 saturated heterocycles. The van der Waals surface area contributed by atoms with Gasteiger partial charge >= 0.3 is 0 Å². The van der Waals surface area contributed by atoms with Crippen LogP contribution >= 0.6 is 0 Å². The van der Waals surface area contributed by atoms with Crippen molar-refractivity contribution >= 4 is 34.3 Å². The highest BCUT2D eigenvalue weighted by Gasteiger charge is 2.06. The van der Waals surface area contributed by atoms with Gasteiger partial charge in [0, 0.05) is 60.7 Å². The van der Waals surface area contributed by atoms with E-state index < -0.39 is 0 Å². The fourth-order valence-electron chi connectivity index (χ4n) is 2.63. The van der Waals surface area contributed by atoms with Crippen molar-refractivity contribution in [3.8, 4) is 11.5 Å². The number of rotatable bonds is 7. The summed E-state index contributed by atoms with van der Waals surface area (Å²) in [4.78, 5) is 9.07. The summed E-state index contributed by atoms with van der Waals surface area (Å²) in [5.74, 6) is 2.05. The van der Waals surface area contributed by atoms with Crippen LogP contribution in [0.3, 0.4) is 0 Å². The number of fused-ring (bicyclic) bond motifs is 1. The molecule has 0 bridgehead atoms. The number of allylic oxidation sites excluding steroid dienone is 1. The molecule has 0 aliphatic heterocycles. The van der Waals surface area contributed by atoms with Crippen molar-refractivity contribution in [3.05, 3.63) is 54.4 Å². The molecule has 2 aromatic heterocycles. The van der Waals surface area contributed by atoms with Gasteiger partial charge in [0.15, 0.2) is 0 Å². The summed E-state index contributed by atoms with van der Waals surface area (Å²) in [5, 5.41) is 13.8. The van der Waals surface area contributed by atoms with Crippen LogP contribution in [0.4, 0.5) is 11.5 Å². The molecule has 0 unspecified atom stereocenters. The number of nitrogens with one attached hydrogen (secondary N) is 3. The minimum absolute atomic E-state index is 0.672. The summed E-state index contributed by atoms with van der Waals surface area (Å²) in [7, 11) is 5.01. The van der Waals surface area contributed by atoms with Crippen LogP contribution in [-0.4, -0.2) is 37.4 Å². The third kappa shape index (κ3) is 4.14. The van der Waals surface area contributed by atoms with Crippen molar-refractivity contribution in [2.45, 2.75) is 0 Å². The predicted octanol–water partition coefficient (Wildman–Crippen LogP) is 3.60. The highest BCUT2D eigenvalue weighted by atomic mass is 16.5. The summed E-state index contributed by atoms with van der Waals surface area (Å²) in [6.45, 7) is 0. The Balaban J connectivity index is 1.96. The van der Waals surface area contributed by atoms with Crippen molar-refractivity contribution in [1.82, 2.24) is 15.3 Å². The number of hydrogen-bond donors (Lipinski definition) is 3. The maximum atomic E-state index is 7.56. The van der Waals surface area contributed by atoms with Gasteiger partial charge < -0.3 is 25.5 Å². The van der Waals surface area contributed by atoms with Gasteiger partial charge in [-0.2, -0.15) is 0 Å². The molecule has 3 aromatic rings. The van der Waals surface area contributed by atoms with Crippen LogP contribution in [0, 0.1) is 5.41 Å². The zero-order chi connectivity index (χ0) is 19.2. The lowest BCUT2D eigenvalue weighted by atomic mass is 10.1. The Morgan fingerprint density at radius 3 is 2.41 bits per heavy atom. The Bertz CT molecular complexity index is 979. The Hall–Kier alpha value is -3.61. The molecule has 3 N–H and O–H groups in total. The van der Waals surface area contributed by atoms with Gasteiger partial charge in [-0.25, -0.2) is 4.98 Å². The maximum Gasteiger partial charge on any atom is 0.131 e. The molecule has 0 fully saturated rings. The van der Waals surface area contributed by atoms with E-state index in [1.807, 2.05) is 36.4 Å². The highest BCUT2D eigenvalue weighted by molar-refractivity contribution is 6.08. The Morgan fingerprint density at radius 2 is 1.78 bits per heavy atom. The summed E-state index contributed by atoms with van der Waals surface area (Å²) in [5.41, 5.74) is 3.86. The van der Waals surface area contributed by atoms with Crippen LogP contribution in [0.25, 0.3) is 16.6 Å². The predicted molar refractivity (Wildman–Crippen MR) is 108 cm³/mol. The van der Waals surface area contributed by atoms with Crippen LogP contribution < -0.4 is 20.1 Å². The number of aromatic nitrogens is 2. The van der Waals surface area contributed by atoms with Gasteiger partial charge in [0.25, 0.3) is 0 Å². The molecule has 27 heavy (non-hydrogen) atoms. The van der Waals surface area contributed by atoms with E-state index in [2.05, 4.69) is 20.6 Å². The third-order valence-electron chi connectivity index (χ3n) is 3.95. The van der Waals surface area contributed by atoms with Crippen LogP contribution in [0.2, 0.25) is 0 Å². The first-order chi connectivity index (χ1) is 13.2. The zero-order valence-corrected chi connectivity index (χ0v) is 15.4. The molecule has 0 aliphatic carbocycles. The lowest BCUT2D eigenvalue weighted by Crippen LogP contribution is -1.99. The number of nitrogens with zero attached hydrogens (tertiary/aromatic N) is 2. The molecule has 0 amide bonds. The van der Waals surface area contributed by atoms with E-state index in [4.69, 9.17) is 14.9 Å². The van der Waals surface area contributed by atoms with E-state index >= 15 is 0 Å². The topological polar surface area (TPSA) is 92.2 Å². The molecule has 0 aliphatic rings. The van der Waals surface area contributed by atoms with Crippen LogP contribution in [0.5, 0.6) is 11.5 Å². The molecule has 1 aromatic carbocycles. The van der Waals surface area contributed by atoms with Gasteiger partial charge in [-0.15, -0.1) is 0 Å². The van der Waals surface area contributed by atoms with Crippen molar-refractivity contribution in [2.75, 3.05) is 26.6 Å². The van der Waals surface area contributed by atoms with Gasteiger partial charge in [-0.05, 0) is 18.2 Å². The standard InChI is InChI=1S/C20H21N5O2/c1-22-11-14(10-21)13-6-19-18(23-12-13)4-5-20(25-19)24-15-7-16(26-2)9-17(8-15)27-3/h4-12,21-22H,1-3H3,(H,24,25)/b14-11+,21-10?. The van der Waals surface area contributed by atoms with E-state index in [9.17, 15) is 0 Å². The van der Waals surface area contributed by atoms with E-state index in [1.54, 1.807) is 33.7 Å². The van der Waals surface area contributed by atoms with Crippen molar-refractivity contribution in [1.29, 1.82) is 5.41 Å². The molecule has 138 valence electrons. The van der Waals surface area contributed by atoms with Crippen LogP contribution in [0.15, 0.2) is 48.8 Å². The van der Waals surface area contributed by atoms with Gasteiger partial charge in [0.2, 0.25) is 0 Å². The smallest absolute Gasteiger partial charge is 0.131 e. The fourth-order valence-corrected chi connectivity index (χ4v) is 2.63. The molecule has 0 atom stereocenters. The lowest BCUT2D eigenvalue weighted by molar-refractivity contribution is 0.395. The molecular formula is C20H21N5O2. The number of anilines is 2. The zero-order valence-electron chi connectivity index (χ0n) is 15.4. The maximum absolute atomic E-state index is 7.56. The Morgan fingerprint density at radius 1 is 1.04 bits per heavy atom. The minimum Gasteiger partial charge on any atom is -0.497 e. The van der Waals surface area contributed by atoms with E-state index in [0.717, 1.165) is 27.9 Å². The second-order valence-electron chi connectivity index (χ2n) is 5.72. The first kappa shape index (κ1) is 18.2. The minimum atomic E-state index is 0.672. The largest absolute Gasteiger partial charge is 0.497 e. The van der Waals surface area contributed by atoms with Crippen molar-refractivity contribution in [3.63, 3.8) is 0 Å². The monoisotopic (exact) mass is 363 g/mol. The lowest BCUT2D eigenvalue weighted by Gasteiger charge is -2.11. The average Bonchev–Trinajstić information content (AvgIpc) is 2.71. The molecule has 3 rings (SSSR count). The number of benzene rings is 1. The van der Waals surface area contributed by atoms with Gasteiger partial charge in [0.05, 0.1) is 25.3 Å². The SMILES string of the molecule is CN/C=C(\C=N)c1cnc2ccc(Nc3cc(OC)cc(OC)c3)nc2c1. The van der Waals surface area contributed by atoms with E-state index in [0.29, 0.717) is 17.3 Å². The third-order valence-corrected chi connectivity index (χ3v) is 3.95. The van der Waals surface area contributed by atoms with Gasteiger partial charge in [0.1, 0.15) is 17.3 Å². The average molecular weight is 363 g/mol. The Kier molecular flexibility index (Phi) is 5.51. The first-order valence-corrected chi connectivity index (χ1v) is 8.32. The molecule has 7 nitrogen and oxygen atoms in total. The quantitative estimate of drug-likeness (QED) is 0.556. The number of hydrogen-bond acceptors (Lipinski definition) is 7. The summed E-state index contributed by atoms with van der Waals surface area (Å²) in [6.07, 6.45) is 4.77. The number of pyridine rings is 2. The molecule has 0 saturated carbocycles. The van der Waals surface area contributed by atoms with Crippen LogP contribution in [0.1, 0.15) is 5.56 Å². The van der Waals surface area contributed by atoms with E-state index in [-0.39, 0.29) is 0 Å². The summed E-state index contributed by atoms with van der Waals surface area (Å²) < 4.78 is 10.6. The second-order valence-corrected chi connectivity index (χ2v) is 5.72. The van der Waals surface area contributed by atoms with Gasteiger partial charge in [-0.1, -0.05) is 0 Å². The molecule has 2 heterocycles. The van der Waals surface area contributed by atoms with Gasteiger partial charge in [-0.3, -0.25) is 4.98 Å². The van der Waals surface area contributed by atoms with E-state index in [1.165, 1.54) is 6.21 Å². The molecule has 7 heteroatoms. The molecular weight excluding hydrogens is 342 g/mol. The second kappa shape index (κ2) is 8.18. The van der Waals surface area contributed by atoms with Crippen LogP contribution in [-0.2, 0) is 0 Å². The first-order valence-electron chi connectivity index (χ1n) is 8.32. The highest BCUT2D eigenvalue weighted by Crippen LogP contribution is 2.28. The fraction of sp³-hybridized carbons (Fsp3) is 0.150. The summed E-state index contributed by atoms with van der Waals surface area (Å²) in [6, 6.07) is 11.2. The summed E-state index contributed by atoms with van der Waals surface area (Å²) >= 11 is 0. The van der Waals surface area contributed by atoms with Crippen molar-refractivity contribution in [2.24, 2.45) is 0 Å². The van der Waals surface area contributed by atoms with Crippen molar-refractivity contribution < 1.29 is 9.47 Å². The molecule has 0 radical (unpaired) electrons.